The van der Waals surface area contributed by atoms with Gasteiger partial charge in [-0.2, -0.15) is 0 Å². The van der Waals surface area contributed by atoms with Crippen LogP contribution < -0.4 is 21.7 Å². The Bertz CT molecular complexity index is 629. The second-order valence-electron chi connectivity index (χ2n) is 8.27. The van der Waals surface area contributed by atoms with E-state index in [-0.39, 0.29) is 17.7 Å². The summed E-state index contributed by atoms with van der Waals surface area (Å²) >= 11 is 0. The Labute approximate surface area is 186 Å². The predicted octanol–water partition coefficient (Wildman–Crippen LogP) is 1.19. The van der Waals surface area contributed by atoms with Crippen LogP contribution in [0.25, 0.3) is 0 Å². The van der Waals surface area contributed by atoms with Crippen molar-refractivity contribution in [3.8, 4) is 0 Å². The van der Waals surface area contributed by atoms with Crippen LogP contribution in [0.3, 0.4) is 0 Å². The molecule has 0 spiro atoms. The summed E-state index contributed by atoms with van der Waals surface area (Å²) in [4.78, 5) is 36.8. The molecule has 8 nitrogen and oxygen atoms in total. The minimum absolute atomic E-state index is 0.121. The number of allylic oxidation sites excluding steroid dienone is 2. The standard InChI is InChI=1S/C23H39N5O3/c24-13-2-14-25-15-3-16-26-17-4-18-27-21(29)6-1-5-19-7-9-20(10-8-19)28-22(30)11-12-23(28)31/h9,11-12,19,25-26H,1-8,10,13-18,24H2,(H,27,29). The number of amides is 3. The van der Waals surface area contributed by atoms with Crippen molar-refractivity contribution in [1.29, 1.82) is 0 Å². The summed E-state index contributed by atoms with van der Waals surface area (Å²) in [7, 11) is 0. The average Bonchev–Trinajstić information content (AvgIpc) is 3.10. The smallest absolute Gasteiger partial charge is 0.257 e. The number of hydrogen-bond donors (Lipinski definition) is 4. The molecular formula is C23H39N5O3. The van der Waals surface area contributed by atoms with Crippen molar-refractivity contribution in [3.05, 3.63) is 23.9 Å². The lowest BCUT2D eigenvalue weighted by atomic mass is 9.88. The first kappa shape index (κ1) is 25.2. The summed E-state index contributed by atoms with van der Waals surface area (Å²) in [5.41, 5.74) is 6.27. The average molecular weight is 434 g/mol. The molecule has 174 valence electrons. The van der Waals surface area contributed by atoms with Crippen molar-refractivity contribution < 1.29 is 14.4 Å². The SMILES string of the molecule is NCCCNCCCNCCCNC(=O)CCCC1CC=C(N2C(=O)C=CC2=O)CC1. The van der Waals surface area contributed by atoms with E-state index in [2.05, 4.69) is 16.0 Å². The molecule has 1 atom stereocenters. The van der Waals surface area contributed by atoms with E-state index in [0.29, 0.717) is 18.9 Å². The minimum atomic E-state index is -0.239. The Hall–Kier alpha value is -2.03. The van der Waals surface area contributed by atoms with Gasteiger partial charge in [0.1, 0.15) is 0 Å². The van der Waals surface area contributed by atoms with Gasteiger partial charge in [0.2, 0.25) is 5.91 Å². The molecule has 1 aliphatic heterocycles. The molecule has 0 aromatic rings. The topological polar surface area (TPSA) is 117 Å². The number of rotatable bonds is 16. The number of carbonyl (C=O) groups excluding carboxylic acids is 3. The Morgan fingerprint density at radius 3 is 2.23 bits per heavy atom. The first-order valence-corrected chi connectivity index (χ1v) is 11.7. The maximum absolute atomic E-state index is 12.0. The zero-order valence-corrected chi connectivity index (χ0v) is 18.7. The lowest BCUT2D eigenvalue weighted by Gasteiger charge is -2.26. The number of nitrogens with zero attached hydrogens (tertiary/aromatic N) is 1. The first-order chi connectivity index (χ1) is 15.1. The van der Waals surface area contributed by atoms with E-state index in [9.17, 15) is 14.4 Å². The van der Waals surface area contributed by atoms with Crippen LogP contribution in [0.1, 0.15) is 57.8 Å². The number of nitrogens with two attached hydrogens (primary N) is 1. The van der Waals surface area contributed by atoms with Crippen LogP contribution in [0.5, 0.6) is 0 Å². The molecule has 2 rings (SSSR count). The molecule has 1 aliphatic carbocycles. The number of carbonyl (C=O) groups is 3. The van der Waals surface area contributed by atoms with Crippen LogP contribution >= 0.6 is 0 Å². The van der Waals surface area contributed by atoms with Gasteiger partial charge in [-0.3, -0.25) is 14.4 Å². The third-order valence-corrected chi connectivity index (χ3v) is 5.73. The second kappa shape index (κ2) is 14.9. The van der Waals surface area contributed by atoms with Crippen LogP contribution in [0.15, 0.2) is 23.9 Å². The monoisotopic (exact) mass is 433 g/mol. The molecule has 0 bridgehead atoms. The van der Waals surface area contributed by atoms with E-state index in [1.165, 1.54) is 17.1 Å². The summed E-state index contributed by atoms with van der Waals surface area (Å²) < 4.78 is 0. The largest absolute Gasteiger partial charge is 0.356 e. The van der Waals surface area contributed by atoms with Gasteiger partial charge in [-0.1, -0.05) is 6.08 Å². The Kier molecular flexibility index (Phi) is 12.1. The van der Waals surface area contributed by atoms with E-state index in [4.69, 9.17) is 5.73 Å². The predicted molar refractivity (Wildman–Crippen MR) is 122 cm³/mol. The molecule has 1 heterocycles. The molecule has 1 unspecified atom stereocenters. The number of nitrogens with one attached hydrogen (secondary N) is 3. The van der Waals surface area contributed by atoms with Crippen molar-refractivity contribution in [3.63, 3.8) is 0 Å². The molecule has 0 aromatic heterocycles. The van der Waals surface area contributed by atoms with Crippen molar-refractivity contribution in [2.24, 2.45) is 11.7 Å². The molecule has 0 aromatic carbocycles. The molecule has 2 aliphatic rings. The normalized spacial score (nSPS) is 18.5. The molecule has 0 radical (unpaired) electrons. The van der Waals surface area contributed by atoms with Gasteiger partial charge in [0.15, 0.2) is 0 Å². The molecule has 3 amide bonds. The number of imide groups is 1. The van der Waals surface area contributed by atoms with Crippen LogP contribution in [0, 0.1) is 5.92 Å². The highest BCUT2D eigenvalue weighted by molar-refractivity contribution is 6.14. The second-order valence-corrected chi connectivity index (χ2v) is 8.27. The van der Waals surface area contributed by atoms with Gasteiger partial charge >= 0.3 is 0 Å². The van der Waals surface area contributed by atoms with Crippen LogP contribution in [0.2, 0.25) is 0 Å². The highest BCUT2D eigenvalue weighted by atomic mass is 16.2. The molecule has 31 heavy (non-hydrogen) atoms. The van der Waals surface area contributed by atoms with E-state index in [1.54, 1.807) is 0 Å². The maximum Gasteiger partial charge on any atom is 0.257 e. The third-order valence-electron chi connectivity index (χ3n) is 5.73. The fraction of sp³-hybridized carbons (Fsp3) is 0.696. The fourth-order valence-electron chi connectivity index (χ4n) is 3.92. The fourth-order valence-corrected chi connectivity index (χ4v) is 3.92. The van der Waals surface area contributed by atoms with E-state index < -0.39 is 0 Å². The number of hydrogen-bond acceptors (Lipinski definition) is 6. The minimum Gasteiger partial charge on any atom is -0.356 e. The van der Waals surface area contributed by atoms with E-state index in [0.717, 1.165) is 89.8 Å². The van der Waals surface area contributed by atoms with Crippen LogP contribution in [-0.2, 0) is 14.4 Å². The highest BCUT2D eigenvalue weighted by Crippen LogP contribution is 2.30. The van der Waals surface area contributed by atoms with Crippen molar-refractivity contribution in [2.75, 3.05) is 39.3 Å². The van der Waals surface area contributed by atoms with Gasteiger partial charge in [0.05, 0.1) is 0 Å². The van der Waals surface area contributed by atoms with E-state index >= 15 is 0 Å². The van der Waals surface area contributed by atoms with Crippen molar-refractivity contribution in [2.45, 2.75) is 57.8 Å². The lowest BCUT2D eigenvalue weighted by Crippen LogP contribution is -2.30. The van der Waals surface area contributed by atoms with Crippen molar-refractivity contribution in [1.82, 2.24) is 20.9 Å². The van der Waals surface area contributed by atoms with Gasteiger partial charge in [-0.15, -0.1) is 0 Å². The third kappa shape index (κ3) is 9.76. The zero-order valence-electron chi connectivity index (χ0n) is 18.7. The lowest BCUT2D eigenvalue weighted by molar-refractivity contribution is -0.134. The molecule has 0 fully saturated rings. The summed E-state index contributed by atoms with van der Waals surface area (Å²) in [6, 6.07) is 0. The first-order valence-electron chi connectivity index (χ1n) is 11.7. The zero-order chi connectivity index (χ0) is 22.3. The van der Waals surface area contributed by atoms with Gasteiger partial charge in [0.25, 0.3) is 11.8 Å². The van der Waals surface area contributed by atoms with Crippen molar-refractivity contribution >= 4 is 17.7 Å². The maximum atomic E-state index is 12.0. The highest BCUT2D eigenvalue weighted by Gasteiger charge is 2.28. The summed E-state index contributed by atoms with van der Waals surface area (Å²) in [5, 5.41) is 9.74. The quantitative estimate of drug-likeness (QED) is 0.215. The Balaban J connectivity index is 1.43. The van der Waals surface area contributed by atoms with Gasteiger partial charge in [0, 0.05) is 30.8 Å². The van der Waals surface area contributed by atoms with Gasteiger partial charge in [-0.25, -0.2) is 4.90 Å². The van der Waals surface area contributed by atoms with Crippen LogP contribution in [0.4, 0.5) is 0 Å². The van der Waals surface area contributed by atoms with Crippen LogP contribution in [-0.4, -0.2) is 61.9 Å². The van der Waals surface area contributed by atoms with E-state index in [1.807, 2.05) is 6.08 Å². The molecule has 5 N–H and O–H groups in total. The summed E-state index contributed by atoms with van der Waals surface area (Å²) in [6.07, 6.45) is 12.7. The van der Waals surface area contributed by atoms with Gasteiger partial charge < -0.3 is 21.7 Å². The Morgan fingerprint density at radius 2 is 1.61 bits per heavy atom. The summed E-state index contributed by atoms with van der Waals surface area (Å²) in [5.74, 6) is 0.163. The molecule has 0 saturated carbocycles. The van der Waals surface area contributed by atoms with Gasteiger partial charge in [-0.05, 0) is 90.0 Å². The molecule has 8 heteroatoms. The summed E-state index contributed by atoms with van der Waals surface area (Å²) in [6.45, 7) is 5.34. The molecular weight excluding hydrogens is 394 g/mol. The Morgan fingerprint density at radius 1 is 0.968 bits per heavy atom. The molecule has 0 saturated heterocycles.